The van der Waals surface area contributed by atoms with Crippen LogP contribution in [-0.4, -0.2) is 21.2 Å². The van der Waals surface area contributed by atoms with Crippen LogP contribution in [0.4, 0.5) is 10.1 Å². The van der Waals surface area contributed by atoms with Gasteiger partial charge in [-0.1, -0.05) is 27.7 Å². The minimum Gasteiger partial charge on any atom is -0.323 e. The van der Waals surface area contributed by atoms with E-state index in [4.69, 9.17) is 0 Å². The monoisotopic (exact) mass is 427 g/mol. The predicted molar refractivity (Wildman–Crippen MR) is 98.3 cm³/mol. The number of thiophene rings is 1. The number of aromatic nitrogens is 2. The summed E-state index contributed by atoms with van der Waals surface area (Å²) >= 11 is 5.62. The van der Waals surface area contributed by atoms with E-state index >= 15 is 0 Å². The summed E-state index contributed by atoms with van der Waals surface area (Å²) in [6.07, 6.45) is 0. The second kappa shape index (κ2) is 7.04. The van der Waals surface area contributed by atoms with Crippen molar-refractivity contribution in [1.82, 2.24) is 9.55 Å². The molecule has 24 heavy (non-hydrogen) atoms. The fraction of sp³-hybridized carbons (Fsp3) is 0.133. The van der Waals surface area contributed by atoms with Gasteiger partial charge in [0.05, 0.1) is 17.0 Å². The Balaban J connectivity index is 1.72. The number of hydrogen-bond acceptors (Lipinski definition) is 5. The highest BCUT2D eigenvalue weighted by atomic mass is 79.9. The van der Waals surface area contributed by atoms with Crippen LogP contribution in [0.5, 0.6) is 0 Å². The average Bonchev–Trinajstić information content (AvgIpc) is 3.01. The molecule has 124 valence electrons. The lowest BCUT2D eigenvalue weighted by Gasteiger charge is -2.08. The number of anilines is 1. The molecule has 2 heterocycles. The molecule has 2 aromatic heterocycles. The maximum Gasteiger partial charge on any atom is 0.271 e. The van der Waals surface area contributed by atoms with Gasteiger partial charge >= 0.3 is 0 Å². The van der Waals surface area contributed by atoms with E-state index in [0.29, 0.717) is 19.8 Å². The maximum absolute atomic E-state index is 13.7. The van der Waals surface area contributed by atoms with Gasteiger partial charge in [0, 0.05) is 11.5 Å². The van der Waals surface area contributed by atoms with Gasteiger partial charge < -0.3 is 5.32 Å². The normalized spacial score (nSPS) is 11.0. The van der Waals surface area contributed by atoms with Crippen LogP contribution in [0.15, 0.2) is 44.1 Å². The number of halogens is 2. The number of thioether (sulfide) groups is 1. The Hall–Kier alpha value is -1.71. The lowest BCUT2D eigenvalue weighted by molar-refractivity contribution is -0.113. The number of rotatable bonds is 4. The SMILES string of the molecule is Cn1c(SCC(=O)Nc2ccc(Br)cc2F)nc2ccsc2c1=O. The van der Waals surface area contributed by atoms with Crippen molar-refractivity contribution in [3.05, 3.63) is 50.3 Å². The molecule has 0 saturated heterocycles. The van der Waals surface area contributed by atoms with Gasteiger partial charge in [-0.25, -0.2) is 9.37 Å². The van der Waals surface area contributed by atoms with Crippen LogP contribution < -0.4 is 10.9 Å². The summed E-state index contributed by atoms with van der Waals surface area (Å²) in [5.74, 6) is -0.875. The summed E-state index contributed by atoms with van der Waals surface area (Å²) in [5.41, 5.74) is 0.584. The van der Waals surface area contributed by atoms with Crippen molar-refractivity contribution < 1.29 is 9.18 Å². The molecule has 0 saturated carbocycles. The Morgan fingerprint density at radius 3 is 3.00 bits per heavy atom. The first-order chi connectivity index (χ1) is 11.5. The highest BCUT2D eigenvalue weighted by Gasteiger charge is 2.13. The number of amides is 1. The van der Waals surface area contributed by atoms with E-state index in [1.54, 1.807) is 24.6 Å². The van der Waals surface area contributed by atoms with E-state index < -0.39 is 5.82 Å². The molecule has 1 aromatic carbocycles. The zero-order chi connectivity index (χ0) is 17.3. The van der Waals surface area contributed by atoms with E-state index in [1.165, 1.54) is 28.0 Å². The van der Waals surface area contributed by atoms with Gasteiger partial charge in [0.25, 0.3) is 5.56 Å². The zero-order valence-corrected chi connectivity index (χ0v) is 15.6. The number of carbonyl (C=O) groups excluding carboxylic acids is 1. The van der Waals surface area contributed by atoms with E-state index in [1.807, 2.05) is 0 Å². The highest BCUT2D eigenvalue weighted by Crippen LogP contribution is 2.22. The minimum absolute atomic E-state index is 0.0193. The molecular weight excluding hydrogens is 417 g/mol. The van der Waals surface area contributed by atoms with E-state index in [9.17, 15) is 14.0 Å². The number of nitrogens with zero attached hydrogens (tertiary/aromatic N) is 2. The third-order valence-corrected chi connectivity index (χ3v) is 5.60. The molecule has 1 amide bonds. The molecule has 0 bridgehead atoms. The van der Waals surface area contributed by atoms with Crippen LogP contribution in [0, 0.1) is 5.82 Å². The first kappa shape index (κ1) is 17.1. The van der Waals surface area contributed by atoms with Crippen LogP contribution in [0.2, 0.25) is 0 Å². The van der Waals surface area contributed by atoms with Crippen LogP contribution in [0.25, 0.3) is 10.2 Å². The molecule has 3 rings (SSSR count). The van der Waals surface area contributed by atoms with Crippen molar-refractivity contribution in [2.24, 2.45) is 7.05 Å². The molecule has 0 radical (unpaired) electrons. The summed E-state index contributed by atoms with van der Waals surface area (Å²) < 4.78 is 16.3. The average molecular weight is 428 g/mol. The number of benzene rings is 1. The summed E-state index contributed by atoms with van der Waals surface area (Å²) in [5, 5.41) is 4.75. The second-order valence-electron chi connectivity index (χ2n) is 4.85. The van der Waals surface area contributed by atoms with Crippen molar-refractivity contribution in [3.63, 3.8) is 0 Å². The van der Waals surface area contributed by atoms with Gasteiger partial charge in [-0.15, -0.1) is 11.3 Å². The Kier molecular flexibility index (Phi) is 5.02. The molecule has 0 aliphatic heterocycles. The van der Waals surface area contributed by atoms with Crippen molar-refractivity contribution in [1.29, 1.82) is 0 Å². The Morgan fingerprint density at radius 1 is 1.46 bits per heavy atom. The predicted octanol–water partition coefficient (Wildman–Crippen LogP) is 3.63. The van der Waals surface area contributed by atoms with E-state index in [0.717, 1.165) is 11.8 Å². The molecule has 9 heteroatoms. The molecule has 0 unspecified atom stereocenters. The number of fused-ring (bicyclic) bond motifs is 1. The lowest BCUT2D eigenvalue weighted by atomic mass is 10.3. The zero-order valence-electron chi connectivity index (χ0n) is 12.4. The topological polar surface area (TPSA) is 64.0 Å². The number of carbonyl (C=O) groups is 1. The summed E-state index contributed by atoms with van der Waals surface area (Å²) in [6.45, 7) is 0. The summed E-state index contributed by atoms with van der Waals surface area (Å²) in [6, 6.07) is 6.16. The molecule has 0 fully saturated rings. The molecule has 3 aromatic rings. The van der Waals surface area contributed by atoms with Crippen molar-refractivity contribution >= 4 is 60.8 Å². The van der Waals surface area contributed by atoms with Gasteiger partial charge in [0.2, 0.25) is 5.91 Å². The fourth-order valence-corrected chi connectivity index (χ4v) is 3.91. The van der Waals surface area contributed by atoms with Crippen LogP contribution in [-0.2, 0) is 11.8 Å². The minimum atomic E-state index is -0.520. The molecule has 0 aliphatic carbocycles. The maximum atomic E-state index is 13.7. The van der Waals surface area contributed by atoms with Crippen molar-refractivity contribution in [2.75, 3.05) is 11.1 Å². The Labute approximate surface area is 153 Å². The number of hydrogen-bond donors (Lipinski definition) is 1. The van der Waals surface area contributed by atoms with Crippen LogP contribution in [0.3, 0.4) is 0 Å². The van der Waals surface area contributed by atoms with Crippen molar-refractivity contribution in [3.8, 4) is 0 Å². The molecular formula is C15H11BrFN3O2S2. The molecule has 5 nitrogen and oxygen atoms in total. The molecule has 0 atom stereocenters. The standard InChI is InChI=1S/C15H11BrFN3O2S2/c1-20-14(22)13-11(4-5-23-13)19-15(20)24-7-12(21)18-10-3-2-8(16)6-9(10)17/h2-6H,7H2,1H3,(H,18,21). The highest BCUT2D eigenvalue weighted by molar-refractivity contribution is 9.10. The quantitative estimate of drug-likeness (QED) is 0.509. The van der Waals surface area contributed by atoms with Crippen LogP contribution >= 0.6 is 39.0 Å². The van der Waals surface area contributed by atoms with Crippen LogP contribution in [0.1, 0.15) is 0 Å². The molecule has 1 N–H and O–H groups in total. The second-order valence-corrected chi connectivity index (χ2v) is 7.63. The first-order valence-electron chi connectivity index (χ1n) is 6.77. The summed E-state index contributed by atoms with van der Waals surface area (Å²) in [7, 11) is 1.61. The van der Waals surface area contributed by atoms with Crippen molar-refractivity contribution in [2.45, 2.75) is 5.16 Å². The smallest absolute Gasteiger partial charge is 0.271 e. The molecule has 0 aliphatic rings. The third kappa shape index (κ3) is 3.52. The third-order valence-electron chi connectivity index (χ3n) is 3.18. The van der Waals surface area contributed by atoms with E-state index in [-0.39, 0.29) is 22.9 Å². The fourth-order valence-electron chi connectivity index (χ4n) is 2.00. The molecule has 0 spiro atoms. The van der Waals surface area contributed by atoms with Gasteiger partial charge in [0.15, 0.2) is 5.16 Å². The van der Waals surface area contributed by atoms with Gasteiger partial charge in [-0.05, 0) is 29.6 Å². The van der Waals surface area contributed by atoms with Gasteiger partial charge in [-0.3, -0.25) is 14.2 Å². The number of nitrogens with one attached hydrogen (secondary N) is 1. The first-order valence-corrected chi connectivity index (χ1v) is 9.43. The van der Waals surface area contributed by atoms with Gasteiger partial charge in [0.1, 0.15) is 10.5 Å². The Bertz CT molecular complexity index is 986. The Morgan fingerprint density at radius 2 is 2.25 bits per heavy atom. The summed E-state index contributed by atoms with van der Waals surface area (Å²) in [4.78, 5) is 28.6. The van der Waals surface area contributed by atoms with Gasteiger partial charge in [-0.2, -0.15) is 0 Å². The largest absolute Gasteiger partial charge is 0.323 e. The van der Waals surface area contributed by atoms with E-state index in [2.05, 4.69) is 26.2 Å². The lowest BCUT2D eigenvalue weighted by Crippen LogP contribution is -2.20.